The molecule has 1 fully saturated rings. The first kappa shape index (κ1) is 17.9. The number of hydrazine groups is 1. The lowest BCUT2D eigenvalue weighted by Gasteiger charge is -2.25. The molecule has 1 heterocycles. The lowest BCUT2D eigenvalue weighted by atomic mass is 9.98. The summed E-state index contributed by atoms with van der Waals surface area (Å²) in [5.74, 6) is 0.00696. The fraction of sp³-hybridized carbons (Fsp3) is 0.300. The van der Waals surface area contributed by atoms with Crippen molar-refractivity contribution in [2.45, 2.75) is 31.5 Å². The van der Waals surface area contributed by atoms with Gasteiger partial charge in [0.1, 0.15) is 6.61 Å². The number of amides is 2. The van der Waals surface area contributed by atoms with Gasteiger partial charge < -0.3 is 10.1 Å². The summed E-state index contributed by atoms with van der Waals surface area (Å²) in [5.41, 5.74) is 5.13. The number of hydrogen-bond acceptors (Lipinski definition) is 4. The number of benzene rings is 2. The van der Waals surface area contributed by atoms with Gasteiger partial charge in [0.2, 0.25) is 5.91 Å². The second kappa shape index (κ2) is 8.49. The van der Waals surface area contributed by atoms with E-state index in [1.807, 2.05) is 60.7 Å². The van der Waals surface area contributed by atoms with Crippen molar-refractivity contribution in [3.8, 4) is 0 Å². The summed E-state index contributed by atoms with van der Waals surface area (Å²) in [5, 5.41) is 4.39. The Morgan fingerprint density at radius 2 is 1.77 bits per heavy atom. The molecule has 0 unspecified atom stereocenters. The normalized spacial score (nSPS) is 17.8. The molecule has 136 valence electrons. The number of carbonyl (C=O) groups is 2. The summed E-state index contributed by atoms with van der Waals surface area (Å²) in [6.45, 7) is 0.210. The van der Waals surface area contributed by atoms with Crippen LogP contribution in [0.1, 0.15) is 17.5 Å². The highest BCUT2D eigenvalue weighted by molar-refractivity contribution is 5.78. The first-order chi connectivity index (χ1) is 12.6. The molecule has 2 aromatic carbocycles. The molecule has 0 spiro atoms. The number of ether oxygens (including phenoxy) is 1. The third-order valence-electron chi connectivity index (χ3n) is 4.43. The van der Waals surface area contributed by atoms with Crippen molar-refractivity contribution in [1.82, 2.24) is 15.8 Å². The lowest BCUT2D eigenvalue weighted by Crippen LogP contribution is -2.50. The third kappa shape index (κ3) is 4.83. The third-order valence-corrected chi connectivity index (χ3v) is 4.43. The first-order valence-corrected chi connectivity index (χ1v) is 8.65. The minimum Gasteiger partial charge on any atom is -0.445 e. The number of nitrogens with zero attached hydrogens (tertiary/aromatic N) is 1. The fourth-order valence-electron chi connectivity index (χ4n) is 3.00. The van der Waals surface area contributed by atoms with Crippen LogP contribution in [0, 0.1) is 0 Å². The van der Waals surface area contributed by atoms with Crippen LogP contribution >= 0.6 is 0 Å². The van der Waals surface area contributed by atoms with Crippen molar-refractivity contribution >= 4 is 12.0 Å². The number of alkyl carbamates (subject to hydrolysis) is 1. The number of carbonyl (C=O) groups excluding carboxylic acids is 2. The summed E-state index contributed by atoms with van der Waals surface area (Å²) < 4.78 is 5.33. The molecule has 2 aromatic rings. The minimum atomic E-state index is -0.487. The van der Waals surface area contributed by atoms with Gasteiger partial charge in [-0.15, -0.1) is 0 Å². The molecule has 26 heavy (non-hydrogen) atoms. The Morgan fingerprint density at radius 3 is 2.35 bits per heavy atom. The second-order valence-corrected chi connectivity index (χ2v) is 6.39. The van der Waals surface area contributed by atoms with E-state index < -0.39 is 6.09 Å². The van der Waals surface area contributed by atoms with Crippen LogP contribution < -0.4 is 10.7 Å². The van der Waals surface area contributed by atoms with Crippen molar-refractivity contribution in [2.75, 3.05) is 7.05 Å². The van der Waals surface area contributed by atoms with E-state index in [9.17, 15) is 9.59 Å². The molecule has 2 atom stereocenters. The van der Waals surface area contributed by atoms with Crippen molar-refractivity contribution in [3.05, 3.63) is 71.8 Å². The predicted molar refractivity (Wildman–Crippen MR) is 98.0 cm³/mol. The van der Waals surface area contributed by atoms with E-state index in [0.717, 1.165) is 11.1 Å². The summed E-state index contributed by atoms with van der Waals surface area (Å²) in [6.07, 6.45) is 0.464. The van der Waals surface area contributed by atoms with Gasteiger partial charge in [0.25, 0.3) is 0 Å². The van der Waals surface area contributed by atoms with Gasteiger partial charge in [-0.2, -0.15) is 0 Å². The van der Waals surface area contributed by atoms with Gasteiger partial charge in [0.15, 0.2) is 0 Å². The monoisotopic (exact) mass is 353 g/mol. The van der Waals surface area contributed by atoms with Crippen molar-refractivity contribution in [2.24, 2.45) is 0 Å². The molecule has 1 aliphatic rings. The molecule has 0 saturated carbocycles. The predicted octanol–water partition coefficient (Wildman–Crippen LogP) is 2.26. The molecule has 0 aliphatic carbocycles. The quantitative estimate of drug-likeness (QED) is 0.836. The maximum atomic E-state index is 12.3. The number of hydrogen-bond donors (Lipinski definition) is 2. The summed E-state index contributed by atoms with van der Waals surface area (Å²) >= 11 is 0. The standard InChI is InChI=1S/C20H23N3O3/c1-23-19(24)13-18(22-23)17(12-15-8-4-2-5-9-15)21-20(25)26-14-16-10-6-3-7-11-16/h2-11,17-18,22H,12-14H2,1H3,(H,21,25)/t17-,18-/m0/s1. The molecule has 0 radical (unpaired) electrons. The minimum absolute atomic E-state index is 0.00696. The largest absolute Gasteiger partial charge is 0.445 e. The molecular weight excluding hydrogens is 330 g/mol. The van der Waals surface area contributed by atoms with Crippen molar-refractivity contribution in [1.29, 1.82) is 0 Å². The Labute approximate surface area is 153 Å². The van der Waals surface area contributed by atoms with E-state index >= 15 is 0 Å². The van der Waals surface area contributed by atoms with E-state index in [1.54, 1.807) is 7.05 Å². The average molecular weight is 353 g/mol. The first-order valence-electron chi connectivity index (χ1n) is 8.65. The molecular formula is C20H23N3O3. The highest BCUT2D eigenvalue weighted by atomic mass is 16.5. The van der Waals surface area contributed by atoms with Crippen molar-refractivity contribution < 1.29 is 14.3 Å². The second-order valence-electron chi connectivity index (χ2n) is 6.39. The van der Waals surface area contributed by atoms with Crippen LogP contribution in [-0.2, 0) is 22.6 Å². The van der Waals surface area contributed by atoms with E-state index in [1.165, 1.54) is 5.01 Å². The summed E-state index contributed by atoms with van der Waals surface area (Å²) in [6, 6.07) is 19.0. The van der Waals surface area contributed by atoms with E-state index in [2.05, 4.69) is 10.7 Å². The topological polar surface area (TPSA) is 70.7 Å². The lowest BCUT2D eigenvalue weighted by molar-refractivity contribution is -0.128. The van der Waals surface area contributed by atoms with E-state index in [4.69, 9.17) is 4.74 Å². The number of rotatable bonds is 6. The molecule has 0 bridgehead atoms. The molecule has 2 amide bonds. The smallest absolute Gasteiger partial charge is 0.407 e. The van der Waals surface area contributed by atoms with Crippen LogP contribution in [0.5, 0.6) is 0 Å². The van der Waals surface area contributed by atoms with E-state index in [0.29, 0.717) is 12.8 Å². The Bertz CT molecular complexity index is 736. The Morgan fingerprint density at radius 1 is 1.15 bits per heavy atom. The van der Waals surface area contributed by atoms with Crippen LogP contribution in [-0.4, -0.2) is 36.1 Å². The Hall–Kier alpha value is -2.86. The number of nitrogens with one attached hydrogen (secondary N) is 2. The van der Waals surface area contributed by atoms with Gasteiger partial charge in [0, 0.05) is 13.5 Å². The van der Waals surface area contributed by atoms with Crippen LogP contribution in [0.3, 0.4) is 0 Å². The van der Waals surface area contributed by atoms with Gasteiger partial charge in [-0.25, -0.2) is 10.2 Å². The van der Waals surface area contributed by atoms with E-state index in [-0.39, 0.29) is 24.6 Å². The average Bonchev–Trinajstić information content (AvgIpc) is 3.00. The van der Waals surface area contributed by atoms with Crippen LogP contribution in [0.25, 0.3) is 0 Å². The highest BCUT2D eigenvalue weighted by Crippen LogP contribution is 2.14. The molecule has 1 aliphatic heterocycles. The fourth-order valence-corrected chi connectivity index (χ4v) is 3.00. The van der Waals surface area contributed by atoms with Gasteiger partial charge >= 0.3 is 6.09 Å². The summed E-state index contributed by atoms with van der Waals surface area (Å²) in [7, 11) is 1.69. The molecule has 2 N–H and O–H groups in total. The van der Waals surface area contributed by atoms with Crippen LogP contribution in [0.15, 0.2) is 60.7 Å². The molecule has 3 rings (SSSR count). The molecule has 6 heteroatoms. The Balaban J connectivity index is 1.63. The highest BCUT2D eigenvalue weighted by Gasteiger charge is 2.33. The zero-order valence-corrected chi connectivity index (χ0v) is 14.7. The van der Waals surface area contributed by atoms with Gasteiger partial charge in [-0.3, -0.25) is 9.80 Å². The van der Waals surface area contributed by atoms with Gasteiger partial charge in [-0.1, -0.05) is 60.7 Å². The summed E-state index contributed by atoms with van der Waals surface area (Å²) in [4.78, 5) is 24.1. The molecule has 0 aromatic heterocycles. The SMILES string of the molecule is CN1N[C@H]([C@H](Cc2ccccc2)NC(=O)OCc2ccccc2)CC1=O. The van der Waals surface area contributed by atoms with Crippen LogP contribution in [0.4, 0.5) is 4.79 Å². The molecule has 6 nitrogen and oxygen atoms in total. The van der Waals surface area contributed by atoms with Crippen LogP contribution in [0.2, 0.25) is 0 Å². The Kier molecular flexibility index (Phi) is 5.86. The molecule has 1 saturated heterocycles. The maximum Gasteiger partial charge on any atom is 0.407 e. The van der Waals surface area contributed by atoms with Gasteiger partial charge in [0.05, 0.1) is 12.1 Å². The van der Waals surface area contributed by atoms with Crippen molar-refractivity contribution in [3.63, 3.8) is 0 Å². The zero-order valence-electron chi connectivity index (χ0n) is 14.7. The zero-order chi connectivity index (χ0) is 18.4. The van der Waals surface area contributed by atoms with Gasteiger partial charge in [-0.05, 0) is 17.5 Å². The maximum absolute atomic E-state index is 12.3.